The Balaban J connectivity index is 1.73. The molecule has 0 saturated heterocycles. The lowest BCUT2D eigenvalue weighted by molar-refractivity contribution is 0.146. The quantitative estimate of drug-likeness (QED) is 0.416. The molecule has 1 fully saturated rings. The fraction of sp³-hybridized carbons (Fsp3) is 0.278. The van der Waals surface area contributed by atoms with E-state index in [1.54, 1.807) is 23.1 Å². The van der Waals surface area contributed by atoms with Crippen LogP contribution in [0.4, 0.5) is 13.2 Å². The summed E-state index contributed by atoms with van der Waals surface area (Å²) in [5, 5.41) is 16.8. The first kappa shape index (κ1) is 16.6. The summed E-state index contributed by atoms with van der Waals surface area (Å²) in [6.07, 6.45) is 2.23. The SMILES string of the molecule is ON=C(Cn1ncc2ncc(-c3ccc(F)c(C(F)F)c3)cc21)C1CC1. The second kappa shape index (κ2) is 6.44. The van der Waals surface area contributed by atoms with Crippen LogP contribution in [0.25, 0.3) is 22.2 Å². The van der Waals surface area contributed by atoms with Crippen molar-refractivity contribution >= 4 is 16.7 Å². The van der Waals surface area contributed by atoms with Gasteiger partial charge in [-0.2, -0.15) is 5.10 Å². The summed E-state index contributed by atoms with van der Waals surface area (Å²) in [4.78, 5) is 4.30. The maximum Gasteiger partial charge on any atom is 0.266 e. The van der Waals surface area contributed by atoms with Crippen molar-refractivity contribution in [2.45, 2.75) is 25.8 Å². The van der Waals surface area contributed by atoms with Gasteiger partial charge in [0.05, 0.1) is 29.5 Å². The third kappa shape index (κ3) is 3.02. The van der Waals surface area contributed by atoms with Gasteiger partial charge in [0.1, 0.15) is 11.3 Å². The zero-order valence-corrected chi connectivity index (χ0v) is 13.6. The van der Waals surface area contributed by atoms with Gasteiger partial charge < -0.3 is 5.21 Å². The van der Waals surface area contributed by atoms with E-state index in [4.69, 9.17) is 0 Å². The molecular formula is C18H15F3N4O. The van der Waals surface area contributed by atoms with Gasteiger partial charge in [-0.15, -0.1) is 0 Å². The number of oxime groups is 1. The Kier molecular flexibility index (Phi) is 4.10. The van der Waals surface area contributed by atoms with Crippen LogP contribution in [0.3, 0.4) is 0 Å². The molecule has 0 aliphatic heterocycles. The van der Waals surface area contributed by atoms with E-state index < -0.39 is 17.8 Å². The summed E-state index contributed by atoms with van der Waals surface area (Å²) in [6.45, 7) is 0.335. The minimum Gasteiger partial charge on any atom is -0.411 e. The van der Waals surface area contributed by atoms with E-state index in [2.05, 4.69) is 15.2 Å². The van der Waals surface area contributed by atoms with Crippen molar-refractivity contribution in [3.8, 4) is 11.1 Å². The fourth-order valence-electron chi connectivity index (χ4n) is 2.94. The lowest BCUT2D eigenvalue weighted by atomic mass is 10.0. The zero-order valence-electron chi connectivity index (χ0n) is 13.6. The third-order valence-corrected chi connectivity index (χ3v) is 4.55. The van der Waals surface area contributed by atoms with Crippen molar-refractivity contribution < 1.29 is 18.4 Å². The number of fused-ring (bicyclic) bond motifs is 1. The van der Waals surface area contributed by atoms with E-state index in [0.29, 0.717) is 34.4 Å². The Morgan fingerprint density at radius 1 is 1.23 bits per heavy atom. The second-order valence-corrected chi connectivity index (χ2v) is 6.33. The van der Waals surface area contributed by atoms with E-state index in [9.17, 15) is 18.4 Å². The normalized spacial score (nSPS) is 15.2. The summed E-state index contributed by atoms with van der Waals surface area (Å²) in [5.41, 5.74) is 2.36. The van der Waals surface area contributed by atoms with E-state index >= 15 is 0 Å². The summed E-state index contributed by atoms with van der Waals surface area (Å²) < 4.78 is 41.1. The number of hydrogen-bond donors (Lipinski definition) is 1. The summed E-state index contributed by atoms with van der Waals surface area (Å²) >= 11 is 0. The molecule has 134 valence electrons. The van der Waals surface area contributed by atoms with Gasteiger partial charge in [-0.25, -0.2) is 13.2 Å². The predicted molar refractivity (Wildman–Crippen MR) is 89.8 cm³/mol. The molecule has 4 rings (SSSR count). The molecule has 0 radical (unpaired) electrons. The van der Waals surface area contributed by atoms with E-state index in [-0.39, 0.29) is 5.92 Å². The first-order chi connectivity index (χ1) is 12.6. The van der Waals surface area contributed by atoms with Crippen molar-refractivity contribution in [1.82, 2.24) is 14.8 Å². The number of benzene rings is 1. The average molecular weight is 360 g/mol. The molecule has 2 heterocycles. The molecule has 1 aromatic carbocycles. The number of halogens is 3. The first-order valence-electron chi connectivity index (χ1n) is 8.17. The van der Waals surface area contributed by atoms with Crippen LogP contribution in [0.1, 0.15) is 24.8 Å². The highest BCUT2D eigenvalue weighted by molar-refractivity contribution is 5.89. The van der Waals surface area contributed by atoms with Crippen LogP contribution in [0.2, 0.25) is 0 Å². The second-order valence-electron chi connectivity index (χ2n) is 6.33. The Bertz CT molecular complexity index is 995. The first-order valence-corrected chi connectivity index (χ1v) is 8.17. The van der Waals surface area contributed by atoms with Gasteiger partial charge in [0.15, 0.2) is 0 Å². The van der Waals surface area contributed by atoms with Gasteiger partial charge in [-0.3, -0.25) is 9.67 Å². The summed E-state index contributed by atoms with van der Waals surface area (Å²) in [6, 6.07) is 5.37. The molecular weight excluding hydrogens is 345 g/mol. The number of nitrogens with zero attached hydrogens (tertiary/aromatic N) is 4. The van der Waals surface area contributed by atoms with Crippen LogP contribution in [0.15, 0.2) is 41.8 Å². The Labute approximate surface area is 146 Å². The highest BCUT2D eigenvalue weighted by Gasteiger charge is 2.28. The molecule has 3 aromatic rings. The van der Waals surface area contributed by atoms with Crippen molar-refractivity contribution in [2.24, 2.45) is 11.1 Å². The molecule has 1 aliphatic carbocycles. The van der Waals surface area contributed by atoms with Crippen LogP contribution in [-0.2, 0) is 6.54 Å². The maximum absolute atomic E-state index is 13.5. The zero-order chi connectivity index (χ0) is 18.3. The Hall–Kier alpha value is -2.90. The molecule has 0 atom stereocenters. The third-order valence-electron chi connectivity index (χ3n) is 4.55. The molecule has 2 aromatic heterocycles. The van der Waals surface area contributed by atoms with Crippen LogP contribution in [0, 0.1) is 11.7 Å². The van der Waals surface area contributed by atoms with Gasteiger partial charge in [0.2, 0.25) is 0 Å². The van der Waals surface area contributed by atoms with Gasteiger partial charge in [0, 0.05) is 17.7 Å². The average Bonchev–Trinajstić information content (AvgIpc) is 3.40. The Morgan fingerprint density at radius 3 is 2.73 bits per heavy atom. The van der Waals surface area contributed by atoms with Crippen molar-refractivity contribution in [1.29, 1.82) is 0 Å². The van der Waals surface area contributed by atoms with Gasteiger partial charge in [0.25, 0.3) is 6.43 Å². The number of hydrogen-bond acceptors (Lipinski definition) is 4. The molecule has 0 amide bonds. The van der Waals surface area contributed by atoms with E-state index in [0.717, 1.165) is 25.0 Å². The van der Waals surface area contributed by atoms with E-state index in [1.807, 2.05) is 0 Å². The molecule has 1 aliphatic rings. The molecule has 1 saturated carbocycles. The van der Waals surface area contributed by atoms with E-state index in [1.165, 1.54) is 6.07 Å². The Morgan fingerprint density at radius 2 is 2.04 bits per heavy atom. The lowest BCUT2D eigenvalue weighted by Crippen LogP contribution is -2.13. The van der Waals surface area contributed by atoms with Gasteiger partial charge >= 0.3 is 0 Å². The van der Waals surface area contributed by atoms with Crippen LogP contribution < -0.4 is 0 Å². The highest BCUT2D eigenvalue weighted by atomic mass is 19.3. The van der Waals surface area contributed by atoms with Gasteiger partial charge in [-0.05, 0) is 36.6 Å². The molecule has 0 spiro atoms. The number of aromatic nitrogens is 3. The lowest BCUT2D eigenvalue weighted by Gasteiger charge is -2.08. The van der Waals surface area contributed by atoms with Crippen LogP contribution in [-0.4, -0.2) is 25.7 Å². The summed E-state index contributed by atoms with van der Waals surface area (Å²) in [7, 11) is 0. The number of pyridine rings is 1. The van der Waals surface area contributed by atoms with Crippen molar-refractivity contribution in [2.75, 3.05) is 0 Å². The standard InChI is InChI=1S/C18H15F3N4O/c19-14-4-3-11(5-13(14)18(20)21)12-6-17-15(22-7-12)8-23-25(17)9-16(24-26)10-1-2-10/h3-8,10,18,26H,1-2,9H2. The largest absolute Gasteiger partial charge is 0.411 e. The molecule has 5 nitrogen and oxygen atoms in total. The van der Waals surface area contributed by atoms with Crippen LogP contribution in [0.5, 0.6) is 0 Å². The topological polar surface area (TPSA) is 63.3 Å². The maximum atomic E-state index is 13.5. The monoisotopic (exact) mass is 360 g/mol. The minimum absolute atomic E-state index is 0.279. The molecule has 0 unspecified atom stereocenters. The van der Waals surface area contributed by atoms with Crippen molar-refractivity contribution in [3.63, 3.8) is 0 Å². The molecule has 8 heteroatoms. The predicted octanol–water partition coefficient (Wildman–Crippen LogP) is 4.42. The van der Waals surface area contributed by atoms with Gasteiger partial charge in [-0.1, -0.05) is 11.2 Å². The van der Waals surface area contributed by atoms with Crippen molar-refractivity contribution in [3.05, 3.63) is 48.0 Å². The minimum atomic E-state index is -2.89. The smallest absolute Gasteiger partial charge is 0.266 e. The molecule has 1 N–H and O–H groups in total. The number of rotatable bonds is 5. The fourth-order valence-corrected chi connectivity index (χ4v) is 2.94. The summed E-state index contributed by atoms with van der Waals surface area (Å²) in [5.74, 6) is -0.655. The molecule has 0 bridgehead atoms. The molecule has 26 heavy (non-hydrogen) atoms. The van der Waals surface area contributed by atoms with Crippen LogP contribution >= 0.6 is 0 Å². The highest BCUT2D eigenvalue weighted by Crippen LogP contribution is 2.32. The number of alkyl halides is 2.